The summed E-state index contributed by atoms with van der Waals surface area (Å²) in [6, 6.07) is 5.31. The van der Waals surface area contributed by atoms with Crippen molar-refractivity contribution in [3.05, 3.63) is 39.8 Å². The second-order valence-corrected chi connectivity index (χ2v) is 9.65. The van der Waals surface area contributed by atoms with Crippen LogP contribution in [0.1, 0.15) is 53.6 Å². The van der Waals surface area contributed by atoms with E-state index in [0.717, 1.165) is 30.4 Å². The highest BCUT2D eigenvalue weighted by Crippen LogP contribution is 2.40. The number of carbonyl (C=O) groups excluding carboxylic acids is 2. The second kappa shape index (κ2) is 11.0. The minimum absolute atomic E-state index is 0.157. The summed E-state index contributed by atoms with van der Waals surface area (Å²) in [5.74, 6) is 1.37. The van der Waals surface area contributed by atoms with Crippen LogP contribution >= 0.6 is 11.3 Å². The highest BCUT2D eigenvalue weighted by atomic mass is 32.1. The second-order valence-electron chi connectivity index (χ2n) is 8.55. The summed E-state index contributed by atoms with van der Waals surface area (Å²) in [7, 11) is 5.10. The Kier molecular flexibility index (Phi) is 8.37. The molecule has 0 saturated carbocycles. The van der Waals surface area contributed by atoms with E-state index in [4.69, 9.17) is 14.2 Å². The number of benzene rings is 1. The molecule has 0 unspecified atom stereocenters. The molecule has 180 valence electrons. The van der Waals surface area contributed by atoms with Gasteiger partial charge in [0.2, 0.25) is 5.91 Å². The number of nitrogens with one attached hydrogen (secondary N) is 1. The first-order valence-electron chi connectivity index (χ1n) is 11.3. The first-order valence-corrected chi connectivity index (χ1v) is 12.1. The van der Waals surface area contributed by atoms with Crippen LogP contribution in [-0.4, -0.2) is 50.7 Å². The van der Waals surface area contributed by atoms with Gasteiger partial charge in [0.1, 0.15) is 5.00 Å². The molecule has 1 aliphatic rings. The van der Waals surface area contributed by atoms with Crippen molar-refractivity contribution < 1.29 is 23.8 Å². The van der Waals surface area contributed by atoms with E-state index >= 15 is 0 Å². The zero-order chi connectivity index (χ0) is 24.1. The van der Waals surface area contributed by atoms with E-state index in [1.165, 1.54) is 16.2 Å². The Morgan fingerprint density at radius 3 is 2.64 bits per heavy atom. The molecule has 2 aromatic rings. The maximum atomic E-state index is 13.1. The summed E-state index contributed by atoms with van der Waals surface area (Å²) >= 11 is 1.51. The van der Waals surface area contributed by atoms with E-state index in [1.807, 2.05) is 37.1 Å². The third-order valence-electron chi connectivity index (χ3n) is 6.15. The Labute approximate surface area is 200 Å². The summed E-state index contributed by atoms with van der Waals surface area (Å²) in [5, 5.41) is 3.62. The van der Waals surface area contributed by atoms with Gasteiger partial charge in [-0.05, 0) is 69.3 Å². The quantitative estimate of drug-likeness (QED) is 0.538. The van der Waals surface area contributed by atoms with E-state index in [2.05, 4.69) is 12.2 Å². The maximum Gasteiger partial charge on any atom is 0.341 e. The number of nitrogens with zero attached hydrogens (tertiary/aromatic N) is 1. The average molecular weight is 475 g/mol. The number of fused-ring (bicyclic) bond motifs is 1. The number of thiophene rings is 1. The Morgan fingerprint density at radius 2 is 1.97 bits per heavy atom. The lowest BCUT2D eigenvalue weighted by Gasteiger charge is -2.24. The highest BCUT2D eigenvalue weighted by molar-refractivity contribution is 7.17. The molecule has 0 saturated heterocycles. The van der Waals surface area contributed by atoms with Crippen LogP contribution in [-0.2, 0) is 28.9 Å². The Bertz CT molecular complexity index is 1000. The van der Waals surface area contributed by atoms with Crippen LogP contribution in [0.25, 0.3) is 0 Å². The molecule has 8 heteroatoms. The van der Waals surface area contributed by atoms with Crippen molar-refractivity contribution in [2.24, 2.45) is 5.92 Å². The molecule has 2 atom stereocenters. The van der Waals surface area contributed by atoms with Gasteiger partial charge in [0.15, 0.2) is 11.5 Å². The van der Waals surface area contributed by atoms with Crippen LogP contribution in [0.4, 0.5) is 5.00 Å². The third kappa shape index (κ3) is 5.68. The van der Waals surface area contributed by atoms with Gasteiger partial charge in [0.05, 0.1) is 32.4 Å². The summed E-state index contributed by atoms with van der Waals surface area (Å²) in [6.45, 7) is 6.73. The van der Waals surface area contributed by atoms with Crippen molar-refractivity contribution in [2.45, 2.75) is 52.6 Å². The molecular formula is C25H34N2O5S. The first kappa shape index (κ1) is 25.1. The summed E-state index contributed by atoms with van der Waals surface area (Å²) in [5.41, 5.74) is 2.58. The molecule has 1 amide bonds. The fourth-order valence-corrected chi connectivity index (χ4v) is 5.48. The van der Waals surface area contributed by atoms with Crippen LogP contribution in [0.15, 0.2) is 18.2 Å². The van der Waals surface area contributed by atoms with Crippen molar-refractivity contribution in [3.8, 4) is 11.5 Å². The van der Waals surface area contributed by atoms with Crippen LogP contribution in [0.2, 0.25) is 0 Å². The molecule has 1 N–H and O–H groups in total. The van der Waals surface area contributed by atoms with E-state index in [1.54, 1.807) is 21.1 Å². The lowest BCUT2D eigenvalue weighted by atomic mass is 9.88. The minimum atomic E-state index is -0.411. The Balaban J connectivity index is 1.75. The maximum absolute atomic E-state index is 13.1. The lowest BCUT2D eigenvalue weighted by Crippen LogP contribution is -2.39. The number of likely N-dealkylation sites (N-methyl/N-ethyl adjacent to an activating group) is 1. The van der Waals surface area contributed by atoms with Crippen LogP contribution in [0, 0.1) is 5.92 Å². The van der Waals surface area contributed by atoms with Crippen LogP contribution < -0.4 is 14.8 Å². The van der Waals surface area contributed by atoms with Gasteiger partial charge in [0.25, 0.3) is 0 Å². The number of esters is 1. The van der Waals surface area contributed by atoms with Crippen molar-refractivity contribution in [1.82, 2.24) is 4.90 Å². The molecule has 0 spiro atoms. The van der Waals surface area contributed by atoms with Gasteiger partial charge in [-0.2, -0.15) is 0 Å². The highest BCUT2D eigenvalue weighted by Gasteiger charge is 2.30. The van der Waals surface area contributed by atoms with E-state index in [9.17, 15) is 9.59 Å². The lowest BCUT2D eigenvalue weighted by molar-refractivity contribution is -0.120. The topological polar surface area (TPSA) is 77.1 Å². The minimum Gasteiger partial charge on any atom is -0.493 e. The van der Waals surface area contributed by atoms with Gasteiger partial charge in [-0.3, -0.25) is 9.69 Å². The van der Waals surface area contributed by atoms with Crippen LogP contribution in [0.3, 0.4) is 0 Å². The molecule has 33 heavy (non-hydrogen) atoms. The van der Waals surface area contributed by atoms with Gasteiger partial charge in [-0.25, -0.2) is 4.79 Å². The molecule has 1 heterocycles. The third-order valence-corrected chi connectivity index (χ3v) is 7.32. The number of anilines is 1. The van der Waals surface area contributed by atoms with Gasteiger partial charge < -0.3 is 19.5 Å². The number of methoxy groups -OCH3 is 2. The fourth-order valence-electron chi connectivity index (χ4n) is 4.08. The fraction of sp³-hybridized carbons (Fsp3) is 0.520. The largest absolute Gasteiger partial charge is 0.493 e. The summed E-state index contributed by atoms with van der Waals surface area (Å²) in [4.78, 5) is 29.0. The molecule has 1 aliphatic carbocycles. The molecule has 0 bridgehead atoms. The van der Waals surface area contributed by atoms with Gasteiger partial charge in [0, 0.05) is 11.4 Å². The van der Waals surface area contributed by atoms with Crippen molar-refractivity contribution in [1.29, 1.82) is 0 Å². The van der Waals surface area contributed by atoms with E-state index < -0.39 is 6.04 Å². The van der Waals surface area contributed by atoms with E-state index in [-0.39, 0.29) is 11.9 Å². The van der Waals surface area contributed by atoms with Crippen LogP contribution in [0.5, 0.6) is 11.5 Å². The number of ether oxygens (including phenoxy) is 3. The predicted molar refractivity (Wildman–Crippen MR) is 131 cm³/mol. The number of rotatable bonds is 9. The molecule has 1 aromatic heterocycles. The van der Waals surface area contributed by atoms with Gasteiger partial charge in [-0.15, -0.1) is 11.3 Å². The summed E-state index contributed by atoms with van der Waals surface area (Å²) < 4.78 is 16.0. The first-order chi connectivity index (χ1) is 15.8. The Morgan fingerprint density at radius 1 is 1.24 bits per heavy atom. The Hall–Kier alpha value is -2.58. The van der Waals surface area contributed by atoms with Gasteiger partial charge >= 0.3 is 5.97 Å². The normalized spacial score (nSPS) is 16.2. The van der Waals surface area contributed by atoms with E-state index in [0.29, 0.717) is 41.1 Å². The van der Waals surface area contributed by atoms with Crippen molar-refractivity contribution >= 4 is 28.2 Å². The number of carbonyl (C=O) groups is 2. The van der Waals surface area contributed by atoms with Crippen molar-refractivity contribution in [3.63, 3.8) is 0 Å². The van der Waals surface area contributed by atoms with Gasteiger partial charge in [-0.1, -0.05) is 13.0 Å². The zero-order valence-corrected chi connectivity index (χ0v) is 21.1. The molecule has 7 nitrogen and oxygen atoms in total. The monoisotopic (exact) mass is 474 g/mol. The van der Waals surface area contributed by atoms with Crippen molar-refractivity contribution in [2.75, 3.05) is 33.2 Å². The number of hydrogen-bond donors (Lipinski definition) is 1. The summed E-state index contributed by atoms with van der Waals surface area (Å²) in [6.07, 6.45) is 2.80. The standard InChI is InChI=1S/C25H34N2O5S/c1-7-32-25(29)22-18-10-8-15(2)12-21(18)33-24(22)26-23(28)16(3)27(4)14-17-9-11-19(30-5)20(13-17)31-6/h9,11,13,15-16H,7-8,10,12,14H2,1-6H3,(H,26,28)/t15-,16-/m1/s1. The molecule has 0 radical (unpaired) electrons. The predicted octanol–water partition coefficient (Wildman–Crippen LogP) is 4.53. The molecular weight excluding hydrogens is 440 g/mol. The molecule has 3 rings (SSSR count). The smallest absolute Gasteiger partial charge is 0.341 e. The molecule has 1 aromatic carbocycles. The average Bonchev–Trinajstić information content (AvgIpc) is 3.15. The molecule has 0 fully saturated rings. The number of amides is 1. The number of hydrogen-bond acceptors (Lipinski definition) is 7. The molecule has 0 aliphatic heterocycles. The SMILES string of the molecule is CCOC(=O)c1c(NC(=O)[C@@H](C)N(C)Cc2ccc(OC)c(OC)c2)sc2c1CC[C@@H](C)C2. The zero-order valence-electron chi connectivity index (χ0n) is 20.3.